The first-order chi connectivity index (χ1) is 7.86. The Hall–Kier alpha value is -1.17. The van der Waals surface area contributed by atoms with Crippen molar-refractivity contribution >= 4 is 11.3 Å². The average molecular weight is 236 g/mol. The standard InChI is InChI=1S/C11H16N4S/c1-2-5-15-6-4-13-11(15)10(14-12)9-3-7-16-8-9/h3-4,6-8,10,14H,2,5,12H2,1H3. The van der Waals surface area contributed by atoms with Crippen LogP contribution in [0.2, 0.25) is 0 Å². The van der Waals surface area contributed by atoms with Crippen LogP contribution in [0.15, 0.2) is 29.2 Å². The molecule has 2 aromatic heterocycles. The molecule has 3 N–H and O–H groups in total. The van der Waals surface area contributed by atoms with E-state index in [2.05, 4.69) is 33.3 Å². The van der Waals surface area contributed by atoms with Crippen molar-refractivity contribution in [3.8, 4) is 0 Å². The Labute approximate surface area is 99.1 Å². The second-order valence-electron chi connectivity index (χ2n) is 3.64. The molecule has 1 unspecified atom stereocenters. The van der Waals surface area contributed by atoms with Gasteiger partial charge >= 0.3 is 0 Å². The molecule has 1 atom stereocenters. The quantitative estimate of drug-likeness (QED) is 0.616. The summed E-state index contributed by atoms with van der Waals surface area (Å²) in [6, 6.07) is 2.05. The van der Waals surface area contributed by atoms with Crippen LogP contribution in [0.4, 0.5) is 0 Å². The minimum absolute atomic E-state index is 0.0206. The van der Waals surface area contributed by atoms with Crippen LogP contribution >= 0.6 is 11.3 Å². The van der Waals surface area contributed by atoms with Crippen LogP contribution in [0.3, 0.4) is 0 Å². The highest BCUT2D eigenvalue weighted by Gasteiger charge is 2.17. The van der Waals surface area contributed by atoms with Gasteiger partial charge in [0.15, 0.2) is 0 Å². The molecule has 0 saturated heterocycles. The number of nitrogens with two attached hydrogens (primary N) is 1. The third-order valence-electron chi connectivity index (χ3n) is 2.51. The number of aromatic nitrogens is 2. The lowest BCUT2D eigenvalue weighted by Gasteiger charge is -2.16. The van der Waals surface area contributed by atoms with Crippen LogP contribution in [0.5, 0.6) is 0 Å². The fourth-order valence-corrected chi connectivity index (χ4v) is 2.46. The second-order valence-corrected chi connectivity index (χ2v) is 4.42. The van der Waals surface area contributed by atoms with Gasteiger partial charge in [-0.15, -0.1) is 0 Å². The summed E-state index contributed by atoms with van der Waals surface area (Å²) < 4.78 is 2.14. The number of aryl methyl sites for hydroxylation is 1. The molecular formula is C11H16N4S. The Bertz CT molecular complexity index is 421. The van der Waals surface area contributed by atoms with E-state index >= 15 is 0 Å². The number of thiophene rings is 1. The third-order valence-corrected chi connectivity index (χ3v) is 3.22. The van der Waals surface area contributed by atoms with E-state index in [1.807, 2.05) is 17.8 Å². The summed E-state index contributed by atoms with van der Waals surface area (Å²) in [5, 5.41) is 4.14. The third kappa shape index (κ3) is 2.16. The van der Waals surface area contributed by atoms with Crippen molar-refractivity contribution in [2.24, 2.45) is 5.84 Å². The van der Waals surface area contributed by atoms with Gasteiger partial charge in [0.1, 0.15) is 11.9 Å². The summed E-state index contributed by atoms with van der Waals surface area (Å²) in [5.41, 5.74) is 3.99. The summed E-state index contributed by atoms with van der Waals surface area (Å²) in [4.78, 5) is 4.39. The normalized spacial score (nSPS) is 12.9. The van der Waals surface area contributed by atoms with Crippen molar-refractivity contribution in [1.82, 2.24) is 15.0 Å². The Morgan fingerprint density at radius 2 is 2.50 bits per heavy atom. The van der Waals surface area contributed by atoms with Crippen LogP contribution in [0.25, 0.3) is 0 Å². The minimum Gasteiger partial charge on any atom is -0.333 e. The highest BCUT2D eigenvalue weighted by atomic mass is 32.1. The van der Waals surface area contributed by atoms with Gasteiger partial charge in [-0.3, -0.25) is 5.84 Å². The summed E-state index contributed by atoms with van der Waals surface area (Å²) in [5.74, 6) is 6.60. The lowest BCUT2D eigenvalue weighted by Crippen LogP contribution is -2.30. The van der Waals surface area contributed by atoms with Crippen LogP contribution in [-0.4, -0.2) is 9.55 Å². The number of nitrogens with zero attached hydrogens (tertiary/aromatic N) is 2. The van der Waals surface area contributed by atoms with Crippen molar-refractivity contribution in [2.45, 2.75) is 25.9 Å². The van der Waals surface area contributed by atoms with Crippen molar-refractivity contribution in [3.05, 3.63) is 40.6 Å². The number of nitrogens with one attached hydrogen (secondary N) is 1. The zero-order valence-corrected chi connectivity index (χ0v) is 10.1. The van der Waals surface area contributed by atoms with E-state index in [-0.39, 0.29) is 6.04 Å². The van der Waals surface area contributed by atoms with Crippen LogP contribution in [-0.2, 0) is 6.54 Å². The fourth-order valence-electron chi connectivity index (χ4n) is 1.77. The first kappa shape index (κ1) is 11.3. The van der Waals surface area contributed by atoms with E-state index in [4.69, 9.17) is 5.84 Å². The van der Waals surface area contributed by atoms with E-state index in [1.165, 1.54) is 0 Å². The highest BCUT2D eigenvalue weighted by Crippen LogP contribution is 2.22. The maximum absolute atomic E-state index is 5.62. The fraction of sp³-hybridized carbons (Fsp3) is 0.364. The van der Waals surface area contributed by atoms with Gasteiger partial charge in [-0.05, 0) is 28.8 Å². The van der Waals surface area contributed by atoms with Gasteiger partial charge in [-0.2, -0.15) is 11.3 Å². The molecule has 0 aromatic carbocycles. The lowest BCUT2D eigenvalue weighted by molar-refractivity contribution is 0.546. The van der Waals surface area contributed by atoms with Crippen LogP contribution in [0.1, 0.15) is 30.8 Å². The van der Waals surface area contributed by atoms with Gasteiger partial charge in [-0.1, -0.05) is 6.92 Å². The average Bonchev–Trinajstić information content (AvgIpc) is 2.92. The van der Waals surface area contributed by atoms with E-state index in [1.54, 1.807) is 11.3 Å². The van der Waals surface area contributed by atoms with E-state index in [9.17, 15) is 0 Å². The van der Waals surface area contributed by atoms with Crippen LogP contribution < -0.4 is 11.3 Å². The second kappa shape index (κ2) is 5.25. The molecule has 0 amide bonds. The summed E-state index contributed by atoms with van der Waals surface area (Å²) in [6.45, 7) is 3.12. The highest BCUT2D eigenvalue weighted by molar-refractivity contribution is 7.08. The van der Waals surface area contributed by atoms with Gasteiger partial charge in [0.25, 0.3) is 0 Å². The number of imidazole rings is 1. The molecule has 0 saturated carbocycles. The van der Waals surface area contributed by atoms with E-state index in [0.717, 1.165) is 24.4 Å². The van der Waals surface area contributed by atoms with Gasteiger partial charge in [0.2, 0.25) is 0 Å². The molecule has 5 heteroatoms. The smallest absolute Gasteiger partial charge is 0.131 e. The summed E-state index contributed by atoms with van der Waals surface area (Å²) in [6.07, 6.45) is 4.90. The van der Waals surface area contributed by atoms with E-state index < -0.39 is 0 Å². The minimum atomic E-state index is -0.0206. The van der Waals surface area contributed by atoms with Crippen molar-refractivity contribution in [2.75, 3.05) is 0 Å². The monoisotopic (exact) mass is 236 g/mol. The molecule has 0 aliphatic rings. The maximum Gasteiger partial charge on any atom is 0.131 e. The Morgan fingerprint density at radius 1 is 1.62 bits per heavy atom. The van der Waals surface area contributed by atoms with Crippen molar-refractivity contribution in [3.63, 3.8) is 0 Å². The van der Waals surface area contributed by atoms with Gasteiger partial charge in [0.05, 0.1) is 0 Å². The topological polar surface area (TPSA) is 55.9 Å². The molecular weight excluding hydrogens is 220 g/mol. The first-order valence-corrected chi connectivity index (χ1v) is 6.30. The molecule has 0 bridgehead atoms. The Kier molecular flexibility index (Phi) is 3.71. The predicted molar refractivity (Wildman–Crippen MR) is 66.0 cm³/mol. The largest absolute Gasteiger partial charge is 0.333 e. The molecule has 86 valence electrons. The number of hydrogen-bond acceptors (Lipinski definition) is 4. The Morgan fingerprint density at radius 3 is 3.12 bits per heavy atom. The first-order valence-electron chi connectivity index (χ1n) is 5.36. The van der Waals surface area contributed by atoms with E-state index in [0.29, 0.717) is 0 Å². The van der Waals surface area contributed by atoms with Crippen molar-refractivity contribution < 1.29 is 0 Å². The number of hydrogen-bond donors (Lipinski definition) is 2. The summed E-state index contributed by atoms with van der Waals surface area (Å²) >= 11 is 1.67. The SMILES string of the molecule is CCCn1ccnc1C(NN)c1ccsc1. The van der Waals surface area contributed by atoms with Gasteiger partial charge in [-0.25, -0.2) is 10.4 Å². The zero-order chi connectivity index (χ0) is 11.4. The molecule has 16 heavy (non-hydrogen) atoms. The molecule has 0 aliphatic heterocycles. The molecule has 4 nitrogen and oxygen atoms in total. The molecule has 0 spiro atoms. The molecule has 2 rings (SSSR count). The molecule has 2 heterocycles. The maximum atomic E-state index is 5.62. The number of hydrazine groups is 1. The lowest BCUT2D eigenvalue weighted by atomic mass is 10.1. The zero-order valence-electron chi connectivity index (χ0n) is 9.26. The summed E-state index contributed by atoms with van der Waals surface area (Å²) in [7, 11) is 0. The van der Waals surface area contributed by atoms with Crippen molar-refractivity contribution in [1.29, 1.82) is 0 Å². The molecule has 0 radical (unpaired) electrons. The number of rotatable bonds is 5. The molecule has 0 aliphatic carbocycles. The molecule has 2 aromatic rings. The predicted octanol–water partition coefficient (Wildman–Crippen LogP) is 1.91. The molecule has 0 fully saturated rings. The Balaban J connectivity index is 2.30. The van der Waals surface area contributed by atoms with Gasteiger partial charge in [0, 0.05) is 18.9 Å². The van der Waals surface area contributed by atoms with Crippen LogP contribution in [0, 0.1) is 0 Å². The van der Waals surface area contributed by atoms with Gasteiger partial charge < -0.3 is 4.57 Å².